The monoisotopic (exact) mass is 453 g/mol. The predicted molar refractivity (Wildman–Crippen MR) is 134 cm³/mol. The summed E-state index contributed by atoms with van der Waals surface area (Å²) in [5, 5.41) is 3.72. The van der Waals surface area contributed by atoms with Gasteiger partial charge in [0, 0.05) is 24.5 Å². The Morgan fingerprint density at radius 3 is 2.50 bits per heavy atom. The van der Waals surface area contributed by atoms with E-state index in [1.807, 2.05) is 85.8 Å². The van der Waals surface area contributed by atoms with Gasteiger partial charge in [-0.15, -0.1) is 0 Å². The quantitative estimate of drug-likeness (QED) is 0.395. The van der Waals surface area contributed by atoms with Crippen LogP contribution in [-0.2, 0) is 11.3 Å². The number of ether oxygens (including phenoxy) is 1. The molecule has 0 saturated carbocycles. The Balaban J connectivity index is 1.70. The number of nitrogens with zero attached hydrogens (tertiary/aromatic N) is 2. The minimum Gasteiger partial charge on any atom is -0.497 e. The molecule has 6 heteroatoms. The van der Waals surface area contributed by atoms with Gasteiger partial charge in [0.2, 0.25) is 5.91 Å². The number of anilines is 1. The molecular weight excluding hydrogens is 426 g/mol. The molecule has 3 aromatic carbocycles. The van der Waals surface area contributed by atoms with Crippen LogP contribution in [0.2, 0.25) is 0 Å². The van der Waals surface area contributed by atoms with Crippen LogP contribution in [0.1, 0.15) is 41.5 Å². The molecule has 0 fully saturated rings. The highest BCUT2D eigenvalue weighted by molar-refractivity contribution is 5.95. The van der Waals surface area contributed by atoms with Crippen LogP contribution >= 0.6 is 0 Å². The smallest absolute Gasteiger partial charge is 0.273 e. The number of benzene rings is 3. The summed E-state index contributed by atoms with van der Waals surface area (Å²) in [7, 11) is 1.62. The van der Waals surface area contributed by atoms with Crippen molar-refractivity contribution in [2.75, 3.05) is 12.4 Å². The fourth-order valence-corrected chi connectivity index (χ4v) is 3.92. The molecule has 0 aliphatic heterocycles. The van der Waals surface area contributed by atoms with E-state index in [2.05, 4.69) is 10.3 Å². The maximum atomic E-state index is 13.8. The summed E-state index contributed by atoms with van der Waals surface area (Å²) in [6.45, 7) is 3.88. The van der Waals surface area contributed by atoms with Crippen LogP contribution in [0.15, 0.2) is 84.9 Å². The molecule has 0 aliphatic rings. The van der Waals surface area contributed by atoms with Crippen molar-refractivity contribution in [3.8, 4) is 5.75 Å². The number of nitrogens with one attached hydrogen (secondary N) is 1. The number of pyridine rings is 1. The maximum Gasteiger partial charge on any atom is 0.273 e. The van der Waals surface area contributed by atoms with Crippen LogP contribution in [0.4, 0.5) is 5.69 Å². The van der Waals surface area contributed by atoms with Crippen LogP contribution < -0.4 is 10.1 Å². The van der Waals surface area contributed by atoms with Crippen LogP contribution in [0.25, 0.3) is 10.9 Å². The molecule has 4 aromatic rings. The second-order valence-corrected chi connectivity index (χ2v) is 8.16. The molecule has 6 nitrogen and oxygen atoms in total. The van der Waals surface area contributed by atoms with Crippen molar-refractivity contribution in [1.82, 2.24) is 9.88 Å². The van der Waals surface area contributed by atoms with Crippen LogP contribution in [0, 0.1) is 0 Å². The summed E-state index contributed by atoms with van der Waals surface area (Å²) < 4.78 is 5.29. The first kappa shape index (κ1) is 23.0. The topological polar surface area (TPSA) is 71.5 Å². The van der Waals surface area contributed by atoms with Gasteiger partial charge in [0.1, 0.15) is 11.4 Å². The van der Waals surface area contributed by atoms with E-state index in [-0.39, 0.29) is 17.9 Å². The van der Waals surface area contributed by atoms with Crippen molar-refractivity contribution in [3.05, 3.63) is 102 Å². The lowest BCUT2D eigenvalue weighted by Crippen LogP contribution is -2.33. The number of amides is 2. The summed E-state index contributed by atoms with van der Waals surface area (Å²) >= 11 is 0. The molecule has 0 spiro atoms. The summed E-state index contributed by atoms with van der Waals surface area (Å²) in [4.78, 5) is 31.7. The molecule has 172 valence electrons. The van der Waals surface area contributed by atoms with E-state index in [0.29, 0.717) is 17.9 Å². The molecule has 4 rings (SSSR count). The van der Waals surface area contributed by atoms with E-state index in [0.717, 1.165) is 27.8 Å². The van der Waals surface area contributed by atoms with E-state index in [1.54, 1.807) is 18.1 Å². The number of hydrogen-bond acceptors (Lipinski definition) is 4. The summed E-state index contributed by atoms with van der Waals surface area (Å²) in [5.41, 5.74) is 3.74. The number of carbonyl (C=O) groups excluding carboxylic acids is 2. The van der Waals surface area contributed by atoms with E-state index in [4.69, 9.17) is 4.74 Å². The fraction of sp³-hybridized carbons (Fsp3) is 0.179. The van der Waals surface area contributed by atoms with E-state index < -0.39 is 0 Å². The predicted octanol–water partition coefficient (Wildman–Crippen LogP) is 5.61. The highest BCUT2D eigenvalue weighted by atomic mass is 16.5. The van der Waals surface area contributed by atoms with Gasteiger partial charge in [-0.25, -0.2) is 4.98 Å². The normalized spacial score (nSPS) is 11.6. The van der Waals surface area contributed by atoms with Gasteiger partial charge >= 0.3 is 0 Å². The summed E-state index contributed by atoms with van der Waals surface area (Å²) in [5.74, 6) is 0.435. The first-order chi connectivity index (χ1) is 16.4. The molecule has 0 aliphatic carbocycles. The molecule has 34 heavy (non-hydrogen) atoms. The number of carbonyl (C=O) groups is 2. The second kappa shape index (κ2) is 10.2. The molecule has 0 bridgehead atoms. The van der Waals surface area contributed by atoms with Gasteiger partial charge < -0.3 is 15.0 Å². The molecule has 1 unspecified atom stereocenters. The van der Waals surface area contributed by atoms with Gasteiger partial charge in [0.05, 0.1) is 18.7 Å². The largest absolute Gasteiger partial charge is 0.497 e. The Kier molecular flexibility index (Phi) is 6.87. The first-order valence-electron chi connectivity index (χ1n) is 11.1. The van der Waals surface area contributed by atoms with Crippen molar-refractivity contribution in [2.24, 2.45) is 0 Å². The Morgan fingerprint density at radius 1 is 0.971 bits per heavy atom. The lowest BCUT2D eigenvalue weighted by atomic mass is 10.0. The van der Waals surface area contributed by atoms with Crippen molar-refractivity contribution in [3.63, 3.8) is 0 Å². The standard InChI is InChI=1S/C28H27N3O3/c1-19(22-10-7-11-24(16-22)29-20(2)32)31(18-21-8-5-4-6-9-21)28(33)27-14-12-23-17-25(34-3)13-15-26(23)30-27/h4-17,19H,18H2,1-3H3,(H,29,32). The van der Waals surface area contributed by atoms with Crippen LogP contribution in [-0.4, -0.2) is 28.8 Å². The van der Waals surface area contributed by atoms with Crippen LogP contribution in [0.3, 0.4) is 0 Å². The molecule has 1 N–H and O–H groups in total. The van der Waals surface area contributed by atoms with Crippen LogP contribution in [0.5, 0.6) is 5.75 Å². The van der Waals surface area contributed by atoms with E-state index in [9.17, 15) is 9.59 Å². The number of aromatic nitrogens is 1. The maximum absolute atomic E-state index is 13.8. The third kappa shape index (κ3) is 5.23. The molecule has 1 heterocycles. The zero-order valence-corrected chi connectivity index (χ0v) is 19.5. The number of rotatable bonds is 7. The summed E-state index contributed by atoms with van der Waals surface area (Å²) in [6.07, 6.45) is 0. The first-order valence-corrected chi connectivity index (χ1v) is 11.1. The van der Waals surface area contributed by atoms with Gasteiger partial charge in [0.15, 0.2) is 0 Å². The Morgan fingerprint density at radius 2 is 1.76 bits per heavy atom. The molecule has 1 atom stereocenters. The Bertz CT molecular complexity index is 1320. The summed E-state index contributed by atoms with van der Waals surface area (Å²) in [6, 6.07) is 26.4. The fourth-order valence-electron chi connectivity index (χ4n) is 3.92. The Hall–Kier alpha value is -4.19. The minimum absolute atomic E-state index is 0.140. The lowest BCUT2D eigenvalue weighted by molar-refractivity contribution is -0.114. The van der Waals surface area contributed by atoms with Crippen molar-refractivity contribution >= 4 is 28.4 Å². The zero-order chi connectivity index (χ0) is 24.1. The van der Waals surface area contributed by atoms with Gasteiger partial charge in [-0.1, -0.05) is 48.5 Å². The number of methoxy groups -OCH3 is 1. The van der Waals surface area contributed by atoms with Gasteiger partial charge in [-0.2, -0.15) is 0 Å². The average molecular weight is 454 g/mol. The molecule has 1 aromatic heterocycles. The second-order valence-electron chi connectivity index (χ2n) is 8.16. The lowest BCUT2D eigenvalue weighted by Gasteiger charge is -2.30. The molecule has 0 radical (unpaired) electrons. The molecule has 2 amide bonds. The van der Waals surface area contributed by atoms with Gasteiger partial charge in [0.25, 0.3) is 5.91 Å². The van der Waals surface area contributed by atoms with E-state index in [1.165, 1.54) is 6.92 Å². The minimum atomic E-state index is -0.255. The average Bonchev–Trinajstić information content (AvgIpc) is 2.86. The highest BCUT2D eigenvalue weighted by Gasteiger charge is 2.24. The third-order valence-electron chi connectivity index (χ3n) is 5.73. The molecule has 0 saturated heterocycles. The Labute approximate surface area is 199 Å². The van der Waals surface area contributed by atoms with Gasteiger partial charge in [-0.3, -0.25) is 9.59 Å². The highest BCUT2D eigenvalue weighted by Crippen LogP contribution is 2.27. The molecular formula is C28H27N3O3. The van der Waals surface area contributed by atoms with Crippen molar-refractivity contribution in [1.29, 1.82) is 0 Å². The SMILES string of the molecule is COc1ccc2nc(C(=O)N(Cc3ccccc3)C(C)c3cccc(NC(C)=O)c3)ccc2c1. The third-order valence-corrected chi connectivity index (χ3v) is 5.73. The van der Waals surface area contributed by atoms with E-state index >= 15 is 0 Å². The number of hydrogen-bond donors (Lipinski definition) is 1. The van der Waals surface area contributed by atoms with Gasteiger partial charge in [-0.05, 0) is 54.4 Å². The number of fused-ring (bicyclic) bond motifs is 1. The van der Waals surface area contributed by atoms with Crippen molar-refractivity contribution in [2.45, 2.75) is 26.4 Å². The zero-order valence-electron chi connectivity index (χ0n) is 19.5. The van der Waals surface area contributed by atoms with Crippen molar-refractivity contribution < 1.29 is 14.3 Å².